The van der Waals surface area contributed by atoms with Crippen molar-refractivity contribution in [3.8, 4) is 5.75 Å². The zero-order valence-electron chi connectivity index (χ0n) is 15.2. The van der Waals surface area contributed by atoms with Gasteiger partial charge < -0.3 is 9.64 Å². The van der Waals surface area contributed by atoms with Crippen molar-refractivity contribution in [2.24, 2.45) is 7.05 Å². The van der Waals surface area contributed by atoms with Gasteiger partial charge in [0, 0.05) is 37.8 Å². The Bertz CT molecular complexity index is 999. The predicted molar refractivity (Wildman–Crippen MR) is 99.2 cm³/mol. The molecule has 0 spiro atoms. The van der Waals surface area contributed by atoms with Crippen molar-refractivity contribution >= 4 is 5.91 Å². The number of benzene rings is 2. The highest BCUT2D eigenvalue weighted by Gasteiger charge is 2.30. The molecular weight excluding hydrogens is 345 g/mol. The molecule has 4 rings (SSSR count). The summed E-state index contributed by atoms with van der Waals surface area (Å²) in [7, 11) is 3.28. The van der Waals surface area contributed by atoms with Crippen LogP contribution in [-0.2, 0) is 13.6 Å². The summed E-state index contributed by atoms with van der Waals surface area (Å²) in [5.41, 5.74) is 3.68. The van der Waals surface area contributed by atoms with E-state index >= 15 is 0 Å². The molecule has 0 bridgehead atoms. The molecule has 0 saturated heterocycles. The number of hydrogen-bond donors (Lipinski definition) is 0. The molecule has 0 fully saturated rings. The first-order chi connectivity index (χ1) is 13.1. The first-order valence-electron chi connectivity index (χ1n) is 8.76. The number of aromatic nitrogens is 2. The van der Waals surface area contributed by atoms with Crippen LogP contribution in [-0.4, -0.2) is 34.2 Å². The third-order valence-electron chi connectivity index (χ3n) is 5.01. The number of aryl methyl sites for hydroxylation is 1. The summed E-state index contributed by atoms with van der Waals surface area (Å²) in [6.07, 6.45) is 3.81. The second kappa shape index (κ2) is 6.87. The Kier molecular flexibility index (Phi) is 4.39. The number of hydrogen-bond acceptors (Lipinski definition) is 3. The van der Waals surface area contributed by atoms with Crippen molar-refractivity contribution in [3.63, 3.8) is 0 Å². The minimum absolute atomic E-state index is 0.0377. The zero-order valence-corrected chi connectivity index (χ0v) is 15.2. The fourth-order valence-corrected chi connectivity index (χ4v) is 3.65. The molecule has 2 aromatic carbocycles. The molecule has 1 amide bonds. The van der Waals surface area contributed by atoms with Crippen LogP contribution in [0.5, 0.6) is 5.75 Å². The SMILES string of the molecule is COc1ccc(C(=O)N2Cc3ccccc3[C@H](c3cnn(C)c3)C2)cc1F. The summed E-state index contributed by atoms with van der Waals surface area (Å²) in [6.45, 7) is 1.02. The lowest BCUT2D eigenvalue weighted by molar-refractivity contribution is 0.0724. The van der Waals surface area contributed by atoms with E-state index in [1.54, 1.807) is 15.6 Å². The van der Waals surface area contributed by atoms with Crippen LogP contribution < -0.4 is 4.74 Å². The molecule has 0 unspecified atom stereocenters. The molecule has 5 nitrogen and oxygen atoms in total. The third kappa shape index (κ3) is 3.18. The molecule has 0 saturated carbocycles. The Balaban J connectivity index is 1.68. The Morgan fingerprint density at radius 2 is 2.07 bits per heavy atom. The first-order valence-corrected chi connectivity index (χ1v) is 8.76. The highest BCUT2D eigenvalue weighted by atomic mass is 19.1. The summed E-state index contributed by atoms with van der Waals surface area (Å²) in [5, 5.41) is 4.27. The molecule has 0 N–H and O–H groups in total. The molecule has 1 aliphatic heterocycles. The normalized spacial score (nSPS) is 16.1. The van der Waals surface area contributed by atoms with Crippen LogP contribution in [0, 0.1) is 5.82 Å². The van der Waals surface area contributed by atoms with Gasteiger partial charge in [-0.1, -0.05) is 24.3 Å². The maximum absolute atomic E-state index is 14.1. The number of halogens is 1. The highest BCUT2D eigenvalue weighted by Crippen LogP contribution is 2.34. The van der Waals surface area contributed by atoms with Crippen LogP contribution >= 0.6 is 0 Å². The quantitative estimate of drug-likeness (QED) is 0.715. The van der Waals surface area contributed by atoms with Crippen LogP contribution in [0.4, 0.5) is 4.39 Å². The smallest absolute Gasteiger partial charge is 0.254 e. The van der Waals surface area contributed by atoms with Crippen molar-refractivity contribution in [2.75, 3.05) is 13.7 Å². The van der Waals surface area contributed by atoms with E-state index in [1.807, 2.05) is 37.6 Å². The van der Waals surface area contributed by atoms with E-state index in [9.17, 15) is 9.18 Å². The fourth-order valence-electron chi connectivity index (χ4n) is 3.65. The van der Waals surface area contributed by atoms with Crippen molar-refractivity contribution < 1.29 is 13.9 Å². The Morgan fingerprint density at radius 3 is 2.78 bits per heavy atom. The van der Waals surface area contributed by atoms with Gasteiger partial charge in [-0.3, -0.25) is 9.48 Å². The van der Waals surface area contributed by atoms with Crippen molar-refractivity contribution in [1.29, 1.82) is 0 Å². The molecule has 1 aromatic heterocycles. The number of amides is 1. The lowest BCUT2D eigenvalue weighted by Gasteiger charge is -2.34. The summed E-state index contributed by atoms with van der Waals surface area (Å²) in [4.78, 5) is 14.8. The predicted octanol–water partition coefficient (Wildman–Crippen LogP) is 3.36. The van der Waals surface area contributed by atoms with Crippen LogP contribution in [0.15, 0.2) is 54.9 Å². The second-order valence-corrected chi connectivity index (χ2v) is 6.73. The second-order valence-electron chi connectivity index (χ2n) is 6.73. The molecule has 2 heterocycles. The molecule has 0 aliphatic carbocycles. The fraction of sp³-hybridized carbons (Fsp3) is 0.238. The van der Waals surface area contributed by atoms with E-state index in [1.165, 1.54) is 24.8 Å². The largest absolute Gasteiger partial charge is 0.494 e. The van der Waals surface area contributed by atoms with E-state index in [4.69, 9.17) is 4.74 Å². The Hall–Kier alpha value is -3.15. The van der Waals surface area contributed by atoms with E-state index in [0.29, 0.717) is 18.7 Å². The maximum atomic E-state index is 14.1. The van der Waals surface area contributed by atoms with Gasteiger partial charge in [-0.15, -0.1) is 0 Å². The molecular formula is C21H20FN3O2. The zero-order chi connectivity index (χ0) is 19.0. The van der Waals surface area contributed by atoms with Gasteiger partial charge in [0.1, 0.15) is 0 Å². The van der Waals surface area contributed by atoms with Crippen molar-refractivity contribution in [3.05, 3.63) is 82.9 Å². The number of methoxy groups -OCH3 is 1. The van der Waals surface area contributed by atoms with Crippen molar-refractivity contribution in [1.82, 2.24) is 14.7 Å². The van der Waals surface area contributed by atoms with E-state index in [2.05, 4.69) is 11.2 Å². The molecule has 1 aliphatic rings. The van der Waals surface area contributed by atoms with Gasteiger partial charge in [-0.2, -0.15) is 5.10 Å². The average molecular weight is 365 g/mol. The summed E-state index contributed by atoms with van der Waals surface area (Å²) < 4.78 is 20.8. The Morgan fingerprint density at radius 1 is 1.26 bits per heavy atom. The number of carbonyl (C=O) groups excluding carboxylic acids is 1. The highest BCUT2D eigenvalue weighted by molar-refractivity contribution is 5.94. The van der Waals surface area contributed by atoms with E-state index in [0.717, 1.165) is 11.1 Å². The number of nitrogens with zero attached hydrogens (tertiary/aromatic N) is 3. The summed E-state index contributed by atoms with van der Waals surface area (Å²) >= 11 is 0. The molecule has 0 radical (unpaired) electrons. The van der Waals surface area contributed by atoms with Gasteiger partial charge in [0.15, 0.2) is 11.6 Å². The number of fused-ring (bicyclic) bond motifs is 1. The first kappa shape index (κ1) is 17.3. The molecule has 138 valence electrons. The molecule has 3 aromatic rings. The van der Waals surface area contributed by atoms with Crippen LogP contribution in [0.1, 0.15) is 33.0 Å². The minimum Gasteiger partial charge on any atom is -0.494 e. The number of ether oxygens (including phenoxy) is 1. The van der Waals surface area contributed by atoms with Gasteiger partial charge in [0.05, 0.1) is 13.3 Å². The van der Waals surface area contributed by atoms with Gasteiger partial charge in [-0.25, -0.2) is 4.39 Å². The molecule has 27 heavy (non-hydrogen) atoms. The average Bonchev–Trinajstić information content (AvgIpc) is 3.12. The van der Waals surface area contributed by atoms with Gasteiger partial charge >= 0.3 is 0 Å². The van der Waals surface area contributed by atoms with Crippen LogP contribution in [0.2, 0.25) is 0 Å². The topological polar surface area (TPSA) is 47.4 Å². The van der Waals surface area contributed by atoms with Gasteiger partial charge in [0.25, 0.3) is 5.91 Å². The molecule has 6 heteroatoms. The third-order valence-corrected chi connectivity index (χ3v) is 5.01. The standard InChI is InChI=1S/C21H20FN3O2/c1-24-11-16(10-23-24)18-13-25(12-15-5-3-4-6-17(15)18)21(26)14-7-8-20(27-2)19(22)9-14/h3-11,18H,12-13H2,1-2H3/t18-/m0/s1. The van der Waals surface area contributed by atoms with Gasteiger partial charge in [-0.05, 0) is 34.9 Å². The minimum atomic E-state index is -0.537. The van der Waals surface area contributed by atoms with Crippen LogP contribution in [0.25, 0.3) is 0 Å². The lowest BCUT2D eigenvalue weighted by Crippen LogP contribution is -2.38. The summed E-state index contributed by atoms with van der Waals surface area (Å²) in [6, 6.07) is 12.4. The molecule has 1 atom stereocenters. The monoisotopic (exact) mass is 365 g/mol. The number of rotatable bonds is 3. The van der Waals surface area contributed by atoms with Crippen molar-refractivity contribution in [2.45, 2.75) is 12.5 Å². The Labute approximate surface area is 157 Å². The lowest BCUT2D eigenvalue weighted by atomic mass is 9.86. The summed E-state index contributed by atoms with van der Waals surface area (Å²) in [5.74, 6) is -0.566. The maximum Gasteiger partial charge on any atom is 0.254 e. The van der Waals surface area contributed by atoms with E-state index < -0.39 is 5.82 Å². The van der Waals surface area contributed by atoms with Crippen LogP contribution in [0.3, 0.4) is 0 Å². The van der Waals surface area contributed by atoms with E-state index in [-0.39, 0.29) is 17.6 Å². The van der Waals surface area contributed by atoms with Gasteiger partial charge in [0.2, 0.25) is 0 Å². The number of carbonyl (C=O) groups is 1.